The molecule has 1 heterocycles. The van der Waals surface area contributed by atoms with Gasteiger partial charge in [-0.1, -0.05) is 74.5 Å². The van der Waals surface area contributed by atoms with E-state index in [1.54, 1.807) is 4.68 Å². The van der Waals surface area contributed by atoms with E-state index in [1.807, 2.05) is 81.4 Å². The molecule has 0 saturated carbocycles. The molecule has 4 aromatic rings. The van der Waals surface area contributed by atoms with Crippen LogP contribution in [0.3, 0.4) is 0 Å². The molecule has 0 unspecified atom stereocenters. The van der Waals surface area contributed by atoms with Crippen molar-refractivity contribution in [1.29, 1.82) is 0 Å². The van der Waals surface area contributed by atoms with Crippen LogP contribution in [0.2, 0.25) is 0 Å². The summed E-state index contributed by atoms with van der Waals surface area (Å²) in [4.78, 5) is 0. The SMILES string of the molecule is CC(C)(C)c1cc(F)c([C]c2c(-c3ccccc3)nnn2-c2ccccc2)c(F)c1. The normalized spacial score (nSPS) is 11.6. The highest BCUT2D eigenvalue weighted by Crippen LogP contribution is 2.31. The van der Waals surface area contributed by atoms with Gasteiger partial charge in [0, 0.05) is 11.1 Å². The van der Waals surface area contributed by atoms with E-state index < -0.39 is 11.6 Å². The van der Waals surface area contributed by atoms with E-state index in [2.05, 4.69) is 16.7 Å². The molecule has 0 atom stereocenters. The quantitative estimate of drug-likeness (QED) is 0.421. The number of halogens is 2. The number of nitrogens with zero attached hydrogens (tertiary/aromatic N) is 3. The predicted octanol–water partition coefficient (Wildman–Crippen LogP) is 5.99. The third-order valence-corrected chi connectivity index (χ3v) is 4.87. The first-order valence-corrected chi connectivity index (χ1v) is 9.67. The molecule has 30 heavy (non-hydrogen) atoms. The molecule has 0 fully saturated rings. The molecule has 0 bridgehead atoms. The number of benzene rings is 3. The summed E-state index contributed by atoms with van der Waals surface area (Å²) < 4.78 is 31.4. The summed E-state index contributed by atoms with van der Waals surface area (Å²) >= 11 is 0. The van der Waals surface area contributed by atoms with Crippen LogP contribution in [0.25, 0.3) is 16.9 Å². The fraction of sp³-hybridized carbons (Fsp3) is 0.160. The monoisotopic (exact) mass is 401 g/mol. The number of hydrogen-bond acceptors (Lipinski definition) is 2. The maximum absolute atomic E-state index is 14.9. The second-order valence-corrected chi connectivity index (χ2v) is 8.09. The molecular formula is C25H21F2N3. The van der Waals surface area contributed by atoms with Crippen molar-refractivity contribution in [1.82, 2.24) is 15.0 Å². The average molecular weight is 401 g/mol. The Morgan fingerprint density at radius 1 is 0.833 bits per heavy atom. The molecular weight excluding hydrogens is 380 g/mol. The van der Waals surface area contributed by atoms with Crippen LogP contribution >= 0.6 is 0 Å². The first kappa shape index (κ1) is 20.0. The Bertz CT molecular complexity index is 1080. The van der Waals surface area contributed by atoms with Crippen LogP contribution in [0.4, 0.5) is 8.78 Å². The second-order valence-electron chi connectivity index (χ2n) is 8.09. The standard InChI is InChI=1S/C25H21F2N3/c1-25(2,3)18-14-21(26)20(22(27)15-18)16-23-24(17-10-6-4-7-11-17)28-29-30(23)19-12-8-5-9-13-19/h4-15H,1-3H3. The lowest BCUT2D eigenvalue weighted by molar-refractivity contribution is 0.538. The van der Waals surface area contributed by atoms with Gasteiger partial charge in [-0.2, -0.15) is 0 Å². The Kier molecular flexibility index (Phi) is 5.20. The van der Waals surface area contributed by atoms with E-state index in [1.165, 1.54) is 12.1 Å². The third kappa shape index (κ3) is 3.88. The molecule has 0 spiro atoms. The van der Waals surface area contributed by atoms with Gasteiger partial charge in [0.25, 0.3) is 0 Å². The van der Waals surface area contributed by atoms with Gasteiger partial charge in [0.05, 0.1) is 17.8 Å². The molecule has 2 radical (unpaired) electrons. The lowest BCUT2D eigenvalue weighted by Gasteiger charge is -2.20. The molecule has 0 aliphatic rings. The van der Waals surface area contributed by atoms with Crippen LogP contribution in [0.1, 0.15) is 37.6 Å². The lowest BCUT2D eigenvalue weighted by atomic mass is 9.86. The van der Waals surface area contributed by atoms with E-state index in [4.69, 9.17) is 0 Å². The van der Waals surface area contributed by atoms with Gasteiger partial charge in [-0.05, 0) is 35.2 Å². The number of aromatic nitrogens is 3. The minimum atomic E-state index is -0.667. The van der Waals surface area contributed by atoms with E-state index in [-0.39, 0.29) is 11.0 Å². The van der Waals surface area contributed by atoms with Crippen molar-refractivity contribution >= 4 is 0 Å². The molecule has 150 valence electrons. The summed E-state index contributed by atoms with van der Waals surface area (Å²) in [5.41, 5.74) is 2.37. The summed E-state index contributed by atoms with van der Waals surface area (Å²) in [5.74, 6) is -1.33. The van der Waals surface area contributed by atoms with E-state index in [0.29, 0.717) is 17.0 Å². The molecule has 0 aliphatic carbocycles. The molecule has 5 heteroatoms. The van der Waals surface area contributed by atoms with Crippen molar-refractivity contribution in [3.05, 3.63) is 108 Å². The zero-order valence-electron chi connectivity index (χ0n) is 17.0. The zero-order valence-corrected chi connectivity index (χ0v) is 17.0. The summed E-state index contributed by atoms with van der Waals surface area (Å²) in [6.07, 6.45) is 2.92. The minimum Gasteiger partial charge on any atom is -0.216 e. The average Bonchev–Trinajstić information content (AvgIpc) is 3.15. The first-order chi connectivity index (χ1) is 14.3. The predicted molar refractivity (Wildman–Crippen MR) is 113 cm³/mol. The van der Waals surface area contributed by atoms with E-state index in [0.717, 1.165) is 11.3 Å². The van der Waals surface area contributed by atoms with Gasteiger partial charge in [0.2, 0.25) is 0 Å². The Morgan fingerprint density at radius 2 is 1.40 bits per heavy atom. The molecule has 0 N–H and O–H groups in total. The van der Waals surface area contributed by atoms with Crippen LogP contribution in [0.5, 0.6) is 0 Å². The second kappa shape index (κ2) is 7.82. The zero-order chi connectivity index (χ0) is 21.3. The van der Waals surface area contributed by atoms with Crippen molar-refractivity contribution in [3.63, 3.8) is 0 Å². The fourth-order valence-corrected chi connectivity index (χ4v) is 3.18. The molecule has 0 aliphatic heterocycles. The minimum absolute atomic E-state index is 0.236. The van der Waals surface area contributed by atoms with Gasteiger partial charge < -0.3 is 0 Å². The highest BCUT2D eigenvalue weighted by atomic mass is 19.1. The Balaban J connectivity index is 1.85. The van der Waals surface area contributed by atoms with Gasteiger partial charge >= 0.3 is 0 Å². The third-order valence-electron chi connectivity index (χ3n) is 4.87. The summed E-state index contributed by atoms with van der Waals surface area (Å²) in [7, 11) is 0. The maximum atomic E-state index is 14.9. The summed E-state index contributed by atoms with van der Waals surface area (Å²) in [6.45, 7) is 5.74. The maximum Gasteiger partial charge on any atom is 0.130 e. The van der Waals surface area contributed by atoms with Gasteiger partial charge in [-0.3, -0.25) is 0 Å². The molecule has 0 saturated heterocycles. The van der Waals surface area contributed by atoms with Gasteiger partial charge in [-0.25, -0.2) is 13.5 Å². The Labute approximate surface area is 175 Å². The highest BCUT2D eigenvalue weighted by molar-refractivity contribution is 5.65. The smallest absolute Gasteiger partial charge is 0.130 e. The van der Waals surface area contributed by atoms with Crippen LogP contribution in [0, 0.1) is 18.1 Å². The van der Waals surface area contributed by atoms with Crippen LogP contribution in [-0.2, 0) is 5.41 Å². The van der Waals surface area contributed by atoms with Gasteiger partial charge in [0.1, 0.15) is 17.3 Å². The Morgan fingerprint density at radius 3 is 1.97 bits per heavy atom. The number of hydrogen-bond donors (Lipinski definition) is 0. The highest BCUT2D eigenvalue weighted by Gasteiger charge is 2.24. The Hall–Kier alpha value is -3.34. The van der Waals surface area contributed by atoms with Gasteiger partial charge in [-0.15, -0.1) is 5.10 Å². The lowest BCUT2D eigenvalue weighted by Crippen LogP contribution is -2.13. The molecule has 0 amide bonds. The summed E-state index contributed by atoms with van der Waals surface area (Å²) in [5, 5.41) is 8.51. The fourth-order valence-electron chi connectivity index (χ4n) is 3.18. The largest absolute Gasteiger partial charge is 0.216 e. The van der Waals surface area contributed by atoms with Crippen LogP contribution in [-0.4, -0.2) is 15.0 Å². The molecule has 1 aromatic heterocycles. The number of rotatable bonds is 4. The van der Waals surface area contributed by atoms with Crippen LogP contribution < -0.4 is 0 Å². The van der Waals surface area contributed by atoms with E-state index >= 15 is 0 Å². The van der Waals surface area contributed by atoms with E-state index in [9.17, 15) is 8.78 Å². The van der Waals surface area contributed by atoms with Crippen molar-refractivity contribution in [3.8, 4) is 16.9 Å². The molecule has 4 rings (SSSR count). The molecule has 3 nitrogen and oxygen atoms in total. The van der Waals surface area contributed by atoms with Crippen molar-refractivity contribution < 1.29 is 8.78 Å². The van der Waals surface area contributed by atoms with Crippen molar-refractivity contribution in [2.24, 2.45) is 0 Å². The van der Waals surface area contributed by atoms with Gasteiger partial charge in [0.15, 0.2) is 0 Å². The van der Waals surface area contributed by atoms with Crippen molar-refractivity contribution in [2.45, 2.75) is 26.2 Å². The summed E-state index contributed by atoms with van der Waals surface area (Å²) in [6, 6.07) is 21.4. The topological polar surface area (TPSA) is 30.7 Å². The van der Waals surface area contributed by atoms with Crippen molar-refractivity contribution in [2.75, 3.05) is 0 Å². The molecule has 3 aromatic carbocycles. The number of para-hydroxylation sites is 1. The first-order valence-electron chi connectivity index (χ1n) is 9.67. The van der Waals surface area contributed by atoms with Crippen LogP contribution in [0.15, 0.2) is 72.8 Å².